The Morgan fingerprint density at radius 3 is 2.30 bits per heavy atom. The van der Waals surface area contributed by atoms with E-state index >= 15 is 0 Å². The SMILES string of the molecule is CCCCC(O)C([O])(O)O. The summed E-state index contributed by atoms with van der Waals surface area (Å²) < 4.78 is 0. The van der Waals surface area contributed by atoms with Crippen molar-refractivity contribution in [1.82, 2.24) is 0 Å². The van der Waals surface area contributed by atoms with E-state index in [4.69, 9.17) is 15.3 Å². The van der Waals surface area contributed by atoms with Gasteiger partial charge in [-0.15, -0.1) is 0 Å². The zero-order valence-corrected chi connectivity index (χ0v) is 5.95. The summed E-state index contributed by atoms with van der Waals surface area (Å²) in [7, 11) is 0. The molecule has 1 radical (unpaired) electrons. The van der Waals surface area contributed by atoms with Gasteiger partial charge < -0.3 is 15.3 Å². The molecule has 0 heterocycles. The number of unbranched alkanes of at least 4 members (excludes halogenated alkanes) is 1. The molecular weight excluding hydrogens is 136 g/mol. The molecule has 0 aromatic rings. The highest BCUT2D eigenvalue weighted by atomic mass is 16.7. The van der Waals surface area contributed by atoms with Crippen molar-refractivity contribution < 1.29 is 20.4 Å². The lowest BCUT2D eigenvalue weighted by atomic mass is 10.1. The van der Waals surface area contributed by atoms with Crippen molar-refractivity contribution in [2.75, 3.05) is 0 Å². The Labute approximate surface area is 59.7 Å². The van der Waals surface area contributed by atoms with Gasteiger partial charge in [-0.2, -0.15) is 5.11 Å². The molecule has 1 atom stereocenters. The quantitative estimate of drug-likeness (QED) is 0.476. The average Bonchev–Trinajstić information content (AvgIpc) is 1.80. The van der Waals surface area contributed by atoms with Gasteiger partial charge in [0.1, 0.15) is 6.10 Å². The van der Waals surface area contributed by atoms with E-state index in [1.165, 1.54) is 0 Å². The first-order chi connectivity index (χ1) is 4.48. The third-order valence-corrected chi connectivity index (χ3v) is 1.27. The van der Waals surface area contributed by atoms with E-state index < -0.39 is 12.1 Å². The minimum absolute atomic E-state index is 0.132. The predicted octanol–water partition coefficient (Wildman–Crippen LogP) is -0.394. The van der Waals surface area contributed by atoms with E-state index in [2.05, 4.69) is 0 Å². The molecule has 0 aliphatic carbocycles. The highest BCUT2D eigenvalue weighted by Crippen LogP contribution is 2.09. The molecule has 4 nitrogen and oxygen atoms in total. The molecule has 61 valence electrons. The third-order valence-electron chi connectivity index (χ3n) is 1.27. The van der Waals surface area contributed by atoms with Gasteiger partial charge >= 0.3 is 5.97 Å². The van der Waals surface area contributed by atoms with Gasteiger partial charge in [0.25, 0.3) is 0 Å². The van der Waals surface area contributed by atoms with Gasteiger partial charge in [-0.25, -0.2) is 0 Å². The van der Waals surface area contributed by atoms with Gasteiger partial charge in [-0.1, -0.05) is 19.8 Å². The Bertz CT molecular complexity index is 86.2. The summed E-state index contributed by atoms with van der Waals surface area (Å²) in [5, 5.41) is 35.4. The zero-order valence-electron chi connectivity index (χ0n) is 5.95. The van der Waals surface area contributed by atoms with Crippen LogP contribution in [0.2, 0.25) is 0 Å². The number of hydrogen-bond donors (Lipinski definition) is 3. The topological polar surface area (TPSA) is 80.6 Å². The molecule has 0 aliphatic rings. The summed E-state index contributed by atoms with van der Waals surface area (Å²) >= 11 is 0. The Hall–Kier alpha value is -0.160. The Balaban J connectivity index is 3.52. The summed E-state index contributed by atoms with van der Waals surface area (Å²) in [5.74, 6) is -3.19. The first-order valence-corrected chi connectivity index (χ1v) is 3.31. The maximum atomic E-state index is 10.2. The maximum absolute atomic E-state index is 10.2. The molecule has 0 aromatic heterocycles. The molecule has 0 aromatic carbocycles. The molecule has 1 unspecified atom stereocenters. The molecule has 0 saturated heterocycles. The van der Waals surface area contributed by atoms with Crippen LogP contribution >= 0.6 is 0 Å². The third kappa shape index (κ3) is 3.79. The van der Waals surface area contributed by atoms with Crippen LogP contribution in [0.1, 0.15) is 26.2 Å². The van der Waals surface area contributed by atoms with Crippen molar-refractivity contribution >= 4 is 0 Å². The summed E-state index contributed by atoms with van der Waals surface area (Å²) in [4.78, 5) is 0. The first kappa shape index (κ1) is 9.84. The number of rotatable bonds is 4. The van der Waals surface area contributed by atoms with E-state index in [9.17, 15) is 5.11 Å². The molecule has 0 bridgehead atoms. The normalized spacial score (nSPS) is 15.3. The second-order valence-electron chi connectivity index (χ2n) is 2.32. The second-order valence-corrected chi connectivity index (χ2v) is 2.32. The summed E-state index contributed by atoms with van der Waals surface area (Å²) in [6.45, 7) is 1.88. The molecule has 0 aliphatic heterocycles. The van der Waals surface area contributed by atoms with Crippen LogP contribution < -0.4 is 0 Å². The second kappa shape index (κ2) is 3.88. The van der Waals surface area contributed by atoms with Crippen LogP contribution in [-0.4, -0.2) is 27.4 Å². The van der Waals surface area contributed by atoms with Crippen LogP contribution in [0, 0.1) is 0 Å². The van der Waals surface area contributed by atoms with Crippen molar-refractivity contribution in [1.29, 1.82) is 0 Å². The zero-order chi connectivity index (χ0) is 8.20. The van der Waals surface area contributed by atoms with Crippen molar-refractivity contribution in [3.05, 3.63) is 0 Å². The predicted molar refractivity (Wildman–Crippen MR) is 33.4 cm³/mol. The van der Waals surface area contributed by atoms with Gasteiger partial charge in [0, 0.05) is 0 Å². The van der Waals surface area contributed by atoms with Gasteiger partial charge in [0.05, 0.1) is 0 Å². The van der Waals surface area contributed by atoms with Crippen LogP contribution in [0.3, 0.4) is 0 Å². The van der Waals surface area contributed by atoms with Crippen molar-refractivity contribution in [3.8, 4) is 0 Å². The standard InChI is InChI=1S/C6H13O4/c1-2-3-4-5(7)6(8,9)10/h5,7-9H,2-4H2,1H3. The van der Waals surface area contributed by atoms with Crippen molar-refractivity contribution in [2.24, 2.45) is 0 Å². The fraction of sp³-hybridized carbons (Fsp3) is 1.00. The highest BCUT2D eigenvalue weighted by Gasteiger charge is 2.31. The fourth-order valence-electron chi connectivity index (χ4n) is 0.585. The van der Waals surface area contributed by atoms with E-state index in [-0.39, 0.29) is 6.42 Å². The number of aliphatic hydroxyl groups is 3. The van der Waals surface area contributed by atoms with E-state index in [0.29, 0.717) is 6.42 Å². The number of hydrogen-bond acceptors (Lipinski definition) is 3. The minimum atomic E-state index is -3.19. The maximum Gasteiger partial charge on any atom is 0.334 e. The van der Waals surface area contributed by atoms with Gasteiger partial charge in [-0.3, -0.25) is 0 Å². The Morgan fingerprint density at radius 2 is 2.00 bits per heavy atom. The number of aliphatic hydroxyl groups excluding tert-OH is 1. The largest absolute Gasteiger partial charge is 0.385 e. The Morgan fingerprint density at radius 1 is 1.50 bits per heavy atom. The lowest BCUT2D eigenvalue weighted by Crippen LogP contribution is -2.40. The van der Waals surface area contributed by atoms with Crippen LogP contribution in [-0.2, 0) is 5.11 Å². The Kier molecular flexibility index (Phi) is 3.81. The molecular formula is C6H13O4. The van der Waals surface area contributed by atoms with Crippen LogP contribution in [0.4, 0.5) is 0 Å². The minimum Gasteiger partial charge on any atom is -0.385 e. The average molecular weight is 149 g/mol. The van der Waals surface area contributed by atoms with E-state index in [0.717, 1.165) is 6.42 Å². The summed E-state index contributed by atoms with van der Waals surface area (Å²) in [5.41, 5.74) is 0. The first-order valence-electron chi connectivity index (χ1n) is 3.31. The highest BCUT2D eigenvalue weighted by molar-refractivity contribution is 4.61. The van der Waals surface area contributed by atoms with E-state index in [1.807, 2.05) is 6.92 Å². The van der Waals surface area contributed by atoms with Gasteiger partial charge in [0.2, 0.25) is 0 Å². The molecule has 0 fully saturated rings. The van der Waals surface area contributed by atoms with Crippen molar-refractivity contribution in [2.45, 2.75) is 38.3 Å². The molecule has 10 heavy (non-hydrogen) atoms. The van der Waals surface area contributed by atoms with Crippen molar-refractivity contribution in [3.63, 3.8) is 0 Å². The summed E-state index contributed by atoms with van der Waals surface area (Å²) in [6, 6.07) is 0. The monoisotopic (exact) mass is 149 g/mol. The summed E-state index contributed by atoms with van der Waals surface area (Å²) in [6.07, 6.45) is -0.0145. The van der Waals surface area contributed by atoms with Crippen LogP contribution in [0.25, 0.3) is 0 Å². The van der Waals surface area contributed by atoms with E-state index in [1.54, 1.807) is 0 Å². The lowest BCUT2D eigenvalue weighted by Gasteiger charge is -2.17. The lowest BCUT2D eigenvalue weighted by molar-refractivity contribution is -0.384. The molecule has 0 rings (SSSR count). The smallest absolute Gasteiger partial charge is 0.334 e. The molecule has 4 heteroatoms. The van der Waals surface area contributed by atoms with Crippen LogP contribution in [0.15, 0.2) is 0 Å². The van der Waals surface area contributed by atoms with Gasteiger partial charge in [-0.05, 0) is 6.42 Å². The molecule has 0 spiro atoms. The van der Waals surface area contributed by atoms with Crippen LogP contribution in [0.5, 0.6) is 0 Å². The van der Waals surface area contributed by atoms with Gasteiger partial charge in [0.15, 0.2) is 0 Å². The fourth-order valence-corrected chi connectivity index (χ4v) is 0.585. The molecule has 3 N–H and O–H groups in total. The molecule has 0 saturated carbocycles. The molecule has 0 amide bonds.